The van der Waals surface area contributed by atoms with Gasteiger partial charge in [-0.15, -0.1) is 0 Å². The van der Waals surface area contributed by atoms with E-state index in [9.17, 15) is 4.79 Å². The van der Waals surface area contributed by atoms with E-state index in [0.717, 1.165) is 42.0 Å². The lowest BCUT2D eigenvalue weighted by Gasteiger charge is -2.23. The Morgan fingerprint density at radius 1 is 1.37 bits per heavy atom. The molecule has 3 nitrogen and oxygen atoms in total. The molecule has 0 N–H and O–H groups in total. The summed E-state index contributed by atoms with van der Waals surface area (Å²) in [4.78, 5) is 18.2. The second kappa shape index (κ2) is 5.00. The van der Waals surface area contributed by atoms with Crippen molar-refractivity contribution in [3.8, 4) is 0 Å². The average molecular weight is 254 g/mol. The number of aromatic nitrogens is 1. The van der Waals surface area contributed by atoms with E-state index in [2.05, 4.69) is 11.8 Å². The Kier molecular flexibility index (Phi) is 3.20. The summed E-state index contributed by atoms with van der Waals surface area (Å²) in [5.74, 6) is 1.62. The molecule has 2 aromatic rings. The molecule has 3 heteroatoms. The van der Waals surface area contributed by atoms with Gasteiger partial charge in [0, 0.05) is 18.5 Å². The largest absolute Gasteiger partial charge is 0.356 e. The lowest BCUT2D eigenvalue weighted by atomic mass is 10.1. The van der Waals surface area contributed by atoms with Crippen LogP contribution in [0.5, 0.6) is 0 Å². The number of benzene rings is 1. The lowest BCUT2D eigenvalue weighted by molar-refractivity contribution is 0.112. The number of pyridine rings is 1. The van der Waals surface area contributed by atoms with Crippen molar-refractivity contribution in [1.82, 2.24) is 4.98 Å². The smallest absolute Gasteiger partial charge is 0.153 e. The third kappa shape index (κ3) is 2.46. The van der Waals surface area contributed by atoms with Gasteiger partial charge in [0.15, 0.2) is 6.29 Å². The number of carbonyl (C=O) groups excluding carboxylic acids is 1. The summed E-state index contributed by atoms with van der Waals surface area (Å²) in [5, 5.41) is 1.02. The second-order valence-corrected chi connectivity index (χ2v) is 5.19. The van der Waals surface area contributed by atoms with Crippen molar-refractivity contribution < 1.29 is 4.79 Å². The number of nitrogens with zero attached hydrogens (tertiary/aromatic N) is 2. The summed E-state index contributed by atoms with van der Waals surface area (Å²) >= 11 is 0. The predicted molar refractivity (Wildman–Crippen MR) is 77.7 cm³/mol. The van der Waals surface area contributed by atoms with Gasteiger partial charge < -0.3 is 4.90 Å². The van der Waals surface area contributed by atoms with E-state index >= 15 is 0 Å². The topological polar surface area (TPSA) is 33.2 Å². The highest BCUT2D eigenvalue weighted by Gasteiger charge is 2.25. The summed E-state index contributed by atoms with van der Waals surface area (Å²) in [6.07, 6.45) is 3.53. The van der Waals surface area contributed by atoms with Gasteiger partial charge in [-0.25, -0.2) is 4.98 Å². The Morgan fingerprint density at radius 3 is 2.84 bits per heavy atom. The fourth-order valence-corrected chi connectivity index (χ4v) is 2.44. The Hall–Kier alpha value is -1.90. The molecule has 1 aliphatic rings. The standard InChI is InChI=1S/C16H18N2O/c1-2-18(10-12-7-8-12)16-14(11-19)9-13-5-3-4-6-15(13)17-16/h3-6,9,11-12H,2,7-8,10H2,1H3. The van der Waals surface area contributed by atoms with E-state index in [1.165, 1.54) is 12.8 Å². The lowest BCUT2D eigenvalue weighted by Crippen LogP contribution is -2.27. The monoisotopic (exact) mass is 254 g/mol. The summed E-state index contributed by atoms with van der Waals surface area (Å²) in [7, 11) is 0. The van der Waals surface area contributed by atoms with E-state index in [-0.39, 0.29) is 0 Å². The van der Waals surface area contributed by atoms with Gasteiger partial charge in [-0.3, -0.25) is 4.79 Å². The van der Waals surface area contributed by atoms with E-state index < -0.39 is 0 Å². The number of carbonyl (C=O) groups is 1. The molecule has 98 valence electrons. The first-order valence-corrected chi connectivity index (χ1v) is 6.91. The number of rotatable bonds is 5. The van der Waals surface area contributed by atoms with Crippen LogP contribution in [-0.2, 0) is 0 Å². The number of anilines is 1. The third-order valence-corrected chi connectivity index (χ3v) is 3.72. The van der Waals surface area contributed by atoms with Crippen molar-refractivity contribution in [3.05, 3.63) is 35.9 Å². The van der Waals surface area contributed by atoms with Crippen LogP contribution in [0.15, 0.2) is 30.3 Å². The molecule has 0 spiro atoms. The van der Waals surface area contributed by atoms with Crippen LogP contribution in [0.4, 0.5) is 5.82 Å². The molecule has 1 aromatic heterocycles. The van der Waals surface area contributed by atoms with Crippen LogP contribution in [-0.4, -0.2) is 24.4 Å². The molecule has 1 aromatic carbocycles. The summed E-state index contributed by atoms with van der Waals surface area (Å²) in [6, 6.07) is 9.89. The maximum absolute atomic E-state index is 11.3. The molecule has 1 heterocycles. The first-order valence-electron chi connectivity index (χ1n) is 6.91. The molecule has 0 aliphatic heterocycles. The van der Waals surface area contributed by atoms with Gasteiger partial charge in [0.1, 0.15) is 5.82 Å². The average Bonchev–Trinajstić information content (AvgIpc) is 3.27. The van der Waals surface area contributed by atoms with Gasteiger partial charge in [-0.2, -0.15) is 0 Å². The number of para-hydroxylation sites is 1. The minimum absolute atomic E-state index is 0.696. The zero-order chi connectivity index (χ0) is 13.2. The summed E-state index contributed by atoms with van der Waals surface area (Å²) < 4.78 is 0. The van der Waals surface area contributed by atoms with Crippen LogP contribution in [0.1, 0.15) is 30.1 Å². The number of fused-ring (bicyclic) bond motifs is 1. The summed E-state index contributed by atoms with van der Waals surface area (Å²) in [5.41, 5.74) is 1.65. The first-order chi connectivity index (χ1) is 9.31. The number of aldehydes is 1. The Morgan fingerprint density at radius 2 is 2.16 bits per heavy atom. The Bertz CT molecular complexity index is 605. The second-order valence-electron chi connectivity index (χ2n) is 5.19. The quantitative estimate of drug-likeness (QED) is 0.768. The van der Waals surface area contributed by atoms with Crippen LogP contribution in [0.3, 0.4) is 0 Å². The minimum Gasteiger partial charge on any atom is -0.356 e. The molecule has 0 unspecified atom stereocenters. The first kappa shape index (κ1) is 12.2. The van der Waals surface area contributed by atoms with Gasteiger partial charge in [-0.05, 0) is 37.8 Å². The molecule has 3 rings (SSSR count). The van der Waals surface area contributed by atoms with Crippen LogP contribution in [0.2, 0.25) is 0 Å². The maximum Gasteiger partial charge on any atom is 0.153 e. The molecule has 0 radical (unpaired) electrons. The fourth-order valence-electron chi connectivity index (χ4n) is 2.44. The highest BCUT2D eigenvalue weighted by Crippen LogP contribution is 2.32. The molecule has 0 bridgehead atoms. The Balaban J connectivity index is 2.05. The van der Waals surface area contributed by atoms with Crippen molar-refractivity contribution >= 4 is 23.0 Å². The predicted octanol–water partition coefficient (Wildman–Crippen LogP) is 3.28. The van der Waals surface area contributed by atoms with Crippen LogP contribution in [0.25, 0.3) is 10.9 Å². The van der Waals surface area contributed by atoms with Crippen molar-refractivity contribution in [1.29, 1.82) is 0 Å². The molecule has 1 saturated carbocycles. The van der Waals surface area contributed by atoms with Gasteiger partial charge in [-0.1, -0.05) is 18.2 Å². The minimum atomic E-state index is 0.696. The molecular formula is C16H18N2O. The highest BCUT2D eigenvalue weighted by atomic mass is 16.1. The number of hydrogen-bond acceptors (Lipinski definition) is 3. The van der Waals surface area contributed by atoms with Crippen molar-refractivity contribution in [2.24, 2.45) is 5.92 Å². The zero-order valence-electron chi connectivity index (χ0n) is 11.2. The fraction of sp³-hybridized carbons (Fsp3) is 0.375. The van der Waals surface area contributed by atoms with Crippen LogP contribution in [0, 0.1) is 5.92 Å². The van der Waals surface area contributed by atoms with Gasteiger partial charge in [0.05, 0.1) is 11.1 Å². The molecule has 0 saturated heterocycles. The highest BCUT2D eigenvalue weighted by molar-refractivity contribution is 5.91. The van der Waals surface area contributed by atoms with E-state index in [1.54, 1.807) is 0 Å². The van der Waals surface area contributed by atoms with E-state index in [1.807, 2.05) is 30.3 Å². The molecule has 19 heavy (non-hydrogen) atoms. The summed E-state index contributed by atoms with van der Waals surface area (Å²) in [6.45, 7) is 4.03. The zero-order valence-corrected chi connectivity index (χ0v) is 11.2. The SMILES string of the molecule is CCN(CC1CC1)c1nc2ccccc2cc1C=O. The van der Waals surface area contributed by atoms with Gasteiger partial charge in [0.25, 0.3) is 0 Å². The Labute approximate surface area is 113 Å². The van der Waals surface area contributed by atoms with E-state index in [4.69, 9.17) is 4.98 Å². The molecule has 0 atom stereocenters. The van der Waals surface area contributed by atoms with Gasteiger partial charge in [0.2, 0.25) is 0 Å². The normalized spacial score (nSPS) is 14.6. The van der Waals surface area contributed by atoms with Gasteiger partial charge >= 0.3 is 0 Å². The molecule has 1 fully saturated rings. The van der Waals surface area contributed by atoms with Crippen molar-refractivity contribution in [2.75, 3.05) is 18.0 Å². The molecule has 0 amide bonds. The molecule has 1 aliphatic carbocycles. The number of hydrogen-bond donors (Lipinski definition) is 0. The van der Waals surface area contributed by atoms with Crippen molar-refractivity contribution in [2.45, 2.75) is 19.8 Å². The maximum atomic E-state index is 11.3. The molecular weight excluding hydrogens is 236 g/mol. The van der Waals surface area contributed by atoms with Crippen LogP contribution >= 0.6 is 0 Å². The van der Waals surface area contributed by atoms with Crippen molar-refractivity contribution in [3.63, 3.8) is 0 Å². The third-order valence-electron chi connectivity index (χ3n) is 3.72. The van der Waals surface area contributed by atoms with E-state index in [0.29, 0.717) is 5.56 Å². The van der Waals surface area contributed by atoms with Crippen LogP contribution < -0.4 is 4.90 Å².